The summed E-state index contributed by atoms with van der Waals surface area (Å²) in [6.45, 7) is 8.29. The average Bonchev–Trinajstić information content (AvgIpc) is 3.05. The SMILES string of the molecule is CCCCNC(=O)C1CC(=O)N(c2cnn(CC(C)C)c2)C1. The molecule has 0 bridgehead atoms. The Bertz CT molecular complexity index is 524. The summed E-state index contributed by atoms with van der Waals surface area (Å²) in [5.41, 5.74) is 0.787. The summed E-state index contributed by atoms with van der Waals surface area (Å²) in [5, 5.41) is 7.20. The lowest BCUT2D eigenvalue weighted by Crippen LogP contribution is -2.33. The van der Waals surface area contributed by atoms with Crippen LogP contribution < -0.4 is 10.2 Å². The van der Waals surface area contributed by atoms with E-state index in [1.807, 2.05) is 10.9 Å². The van der Waals surface area contributed by atoms with Crippen LogP contribution >= 0.6 is 0 Å². The maximum atomic E-state index is 12.2. The van der Waals surface area contributed by atoms with Gasteiger partial charge in [-0.1, -0.05) is 27.2 Å². The Balaban J connectivity index is 1.94. The van der Waals surface area contributed by atoms with E-state index in [0.717, 1.165) is 25.1 Å². The fourth-order valence-electron chi connectivity index (χ4n) is 2.63. The molecule has 2 heterocycles. The normalized spacial score (nSPS) is 18.3. The number of rotatable bonds is 7. The molecule has 2 amide bonds. The van der Waals surface area contributed by atoms with Crippen molar-refractivity contribution in [3.05, 3.63) is 12.4 Å². The van der Waals surface area contributed by atoms with Gasteiger partial charge in [-0.2, -0.15) is 5.10 Å². The van der Waals surface area contributed by atoms with Gasteiger partial charge < -0.3 is 10.2 Å². The minimum absolute atomic E-state index is 0.000242. The van der Waals surface area contributed by atoms with E-state index in [2.05, 4.69) is 31.2 Å². The quantitative estimate of drug-likeness (QED) is 0.781. The first-order chi connectivity index (χ1) is 10.5. The predicted octanol–water partition coefficient (Wildman–Crippen LogP) is 1.81. The molecule has 22 heavy (non-hydrogen) atoms. The second-order valence-corrected chi connectivity index (χ2v) is 6.36. The Labute approximate surface area is 131 Å². The first kappa shape index (κ1) is 16.5. The van der Waals surface area contributed by atoms with Gasteiger partial charge in [0.25, 0.3) is 0 Å². The molecule has 1 saturated heterocycles. The number of anilines is 1. The average molecular weight is 306 g/mol. The predicted molar refractivity (Wildman–Crippen MR) is 85.4 cm³/mol. The summed E-state index contributed by atoms with van der Waals surface area (Å²) < 4.78 is 1.85. The van der Waals surface area contributed by atoms with Gasteiger partial charge in [0, 0.05) is 32.3 Å². The van der Waals surface area contributed by atoms with Gasteiger partial charge in [-0.25, -0.2) is 0 Å². The highest BCUT2D eigenvalue weighted by Gasteiger charge is 2.35. The Kier molecular flexibility index (Phi) is 5.57. The number of amides is 2. The molecule has 1 unspecified atom stereocenters. The van der Waals surface area contributed by atoms with Crippen molar-refractivity contribution in [1.82, 2.24) is 15.1 Å². The summed E-state index contributed by atoms with van der Waals surface area (Å²) in [5.74, 6) is 0.232. The van der Waals surface area contributed by atoms with Gasteiger partial charge in [-0.3, -0.25) is 14.3 Å². The van der Waals surface area contributed by atoms with Gasteiger partial charge in [0.1, 0.15) is 0 Å². The Morgan fingerprint density at radius 3 is 2.95 bits per heavy atom. The first-order valence-corrected chi connectivity index (χ1v) is 8.11. The summed E-state index contributed by atoms with van der Waals surface area (Å²) in [6.07, 6.45) is 5.89. The van der Waals surface area contributed by atoms with Gasteiger partial charge >= 0.3 is 0 Å². The van der Waals surface area contributed by atoms with Crippen LogP contribution in [-0.4, -0.2) is 34.7 Å². The van der Waals surface area contributed by atoms with Crippen molar-refractivity contribution in [2.45, 2.75) is 46.6 Å². The molecule has 6 nitrogen and oxygen atoms in total. The third-order valence-electron chi connectivity index (χ3n) is 3.81. The lowest BCUT2D eigenvalue weighted by molar-refractivity contribution is -0.126. The summed E-state index contributed by atoms with van der Waals surface area (Å²) >= 11 is 0. The number of carbonyl (C=O) groups is 2. The van der Waals surface area contributed by atoms with E-state index in [1.54, 1.807) is 11.1 Å². The van der Waals surface area contributed by atoms with Crippen molar-refractivity contribution in [3.8, 4) is 0 Å². The first-order valence-electron chi connectivity index (χ1n) is 8.11. The van der Waals surface area contributed by atoms with E-state index in [1.165, 1.54) is 0 Å². The molecule has 1 aliphatic rings. The number of carbonyl (C=O) groups excluding carboxylic acids is 2. The zero-order valence-electron chi connectivity index (χ0n) is 13.7. The standard InChI is InChI=1S/C16H26N4O2/c1-4-5-6-17-16(22)13-7-15(21)20(10-13)14-8-18-19(11-14)9-12(2)3/h8,11-13H,4-7,9-10H2,1-3H3,(H,17,22). The Morgan fingerprint density at radius 2 is 2.27 bits per heavy atom. The number of nitrogens with zero attached hydrogens (tertiary/aromatic N) is 3. The Morgan fingerprint density at radius 1 is 1.50 bits per heavy atom. The third-order valence-corrected chi connectivity index (χ3v) is 3.81. The number of unbranched alkanes of at least 4 members (excludes halogenated alkanes) is 1. The summed E-state index contributed by atoms with van der Waals surface area (Å²) in [6, 6.07) is 0. The van der Waals surface area contributed by atoms with E-state index in [0.29, 0.717) is 19.0 Å². The minimum atomic E-state index is -0.252. The fourth-order valence-corrected chi connectivity index (χ4v) is 2.63. The fraction of sp³-hybridized carbons (Fsp3) is 0.688. The molecule has 1 aromatic rings. The number of aromatic nitrogens is 2. The van der Waals surface area contributed by atoms with Crippen molar-refractivity contribution in [3.63, 3.8) is 0 Å². The van der Waals surface area contributed by atoms with Crippen LogP contribution in [0, 0.1) is 11.8 Å². The van der Waals surface area contributed by atoms with Crippen molar-refractivity contribution in [2.24, 2.45) is 11.8 Å². The Hall–Kier alpha value is -1.85. The van der Waals surface area contributed by atoms with Crippen molar-refractivity contribution in [1.29, 1.82) is 0 Å². The van der Waals surface area contributed by atoms with Crippen molar-refractivity contribution >= 4 is 17.5 Å². The van der Waals surface area contributed by atoms with E-state index >= 15 is 0 Å². The van der Waals surface area contributed by atoms with E-state index in [-0.39, 0.29) is 24.2 Å². The van der Waals surface area contributed by atoms with Gasteiger partial charge in [-0.05, 0) is 12.3 Å². The van der Waals surface area contributed by atoms with Crippen LogP contribution in [0.3, 0.4) is 0 Å². The molecule has 2 rings (SSSR count). The molecule has 0 spiro atoms. The number of nitrogens with one attached hydrogen (secondary N) is 1. The summed E-state index contributed by atoms with van der Waals surface area (Å²) in [7, 11) is 0. The molecule has 1 atom stereocenters. The van der Waals surface area contributed by atoms with Crippen LogP contribution in [0.5, 0.6) is 0 Å². The lowest BCUT2D eigenvalue weighted by atomic mass is 10.1. The highest BCUT2D eigenvalue weighted by Crippen LogP contribution is 2.25. The summed E-state index contributed by atoms with van der Waals surface area (Å²) in [4.78, 5) is 25.9. The van der Waals surface area contributed by atoms with E-state index < -0.39 is 0 Å². The second kappa shape index (κ2) is 7.42. The molecule has 0 radical (unpaired) electrons. The van der Waals surface area contributed by atoms with Crippen molar-refractivity contribution < 1.29 is 9.59 Å². The van der Waals surface area contributed by atoms with Crippen LogP contribution in [0.1, 0.15) is 40.0 Å². The second-order valence-electron chi connectivity index (χ2n) is 6.36. The van der Waals surface area contributed by atoms with Crippen LogP contribution in [0.25, 0.3) is 0 Å². The van der Waals surface area contributed by atoms with Gasteiger partial charge in [0.15, 0.2) is 0 Å². The van der Waals surface area contributed by atoms with Crippen LogP contribution in [0.2, 0.25) is 0 Å². The molecule has 1 N–H and O–H groups in total. The molecule has 1 aromatic heterocycles. The van der Waals surface area contributed by atoms with Crippen LogP contribution in [0.4, 0.5) is 5.69 Å². The zero-order chi connectivity index (χ0) is 16.1. The topological polar surface area (TPSA) is 67.2 Å². The van der Waals surface area contributed by atoms with E-state index in [9.17, 15) is 9.59 Å². The monoisotopic (exact) mass is 306 g/mol. The maximum Gasteiger partial charge on any atom is 0.227 e. The van der Waals surface area contributed by atoms with Gasteiger partial charge in [-0.15, -0.1) is 0 Å². The van der Waals surface area contributed by atoms with Gasteiger partial charge in [0.05, 0.1) is 17.8 Å². The molecule has 0 aromatic carbocycles. The highest BCUT2D eigenvalue weighted by atomic mass is 16.2. The molecule has 1 aliphatic heterocycles. The van der Waals surface area contributed by atoms with Crippen LogP contribution in [0.15, 0.2) is 12.4 Å². The lowest BCUT2D eigenvalue weighted by Gasteiger charge is -2.14. The molecule has 0 saturated carbocycles. The number of hydrogen-bond acceptors (Lipinski definition) is 3. The van der Waals surface area contributed by atoms with Crippen LogP contribution in [-0.2, 0) is 16.1 Å². The third kappa shape index (κ3) is 4.08. The molecule has 122 valence electrons. The molecular weight excluding hydrogens is 280 g/mol. The zero-order valence-corrected chi connectivity index (χ0v) is 13.7. The molecular formula is C16H26N4O2. The molecule has 6 heteroatoms. The molecule has 0 aliphatic carbocycles. The minimum Gasteiger partial charge on any atom is -0.356 e. The number of hydrogen-bond donors (Lipinski definition) is 1. The van der Waals surface area contributed by atoms with Crippen molar-refractivity contribution in [2.75, 3.05) is 18.0 Å². The highest BCUT2D eigenvalue weighted by molar-refractivity contribution is 6.00. The van der Waals surface area contributed by atoms with Gasteiger partial charge in [0.2, 0.25) is 11.8 Å². The maximum absolute atomic E-state index is 12.2. The van der Waals surface area contributed by atoms with E-state index in [4.69, 9.17) is 0 Å². The largest absolute Gasteiger partial charge is 0.356 e. The molecule has 1 fully saturated rings. The smallest absolute Gasteiger partial charge is 0.227 e.